The number of methoxy groups -OCH3 is 1. The van der Waals surface area contributed by atoms with Crippen LogP contribution in [0.5, 0.6) is 5.75 Å². The minimum Gasteiger partial charge on any atom is -0.496 e. The molecule has 0 aromatic heterocycles. The topological polar surface area (TPSA) is 41.6 Å². The minimum absolute atomic E-state index is 0.0188. The third kappa shape index (κ3) is 2.80. The van der Waals surface area contributed by atoms with Crippen LogP contribution in [-0.2, 0) is 11.3 Å². The first kappa shape index (κ1) is 13.4. The fourth-order valence-corrected chi connectivity index (χ4v) is 2.89. The molecule has 1 aliphatic heterocycles. The molecule has 2 fully saturated rings. The van der Waals surface area contributed by atoms with E-state index in [9.17, 15) is 4.79 Å². The number of para-hydroxylation sites is 1. The Hall–Kier alpha value is -1.55. The summed E-state index contributed by atoms with van der Waals surface area (Å²) in [6.45, 7) is 1.62. The lowest BCUT2D eigenvalue weighted by atomic mass is 10.1. The number of hydrogen-bond donors (Lipinski definition) is 1. The lowest BCUT2D eigenvalue weighted by Crippen LogP contribution is -2.44. The van der Waals surface area contributed by atoms with Crippen molar-refractivity contribution >= 4 is 5.91 Å². The number of carbonyl (C=O) groups is 1. The Balaban J connectivity index is 1.75. The van der Waals surface area contributed by atoms with Crippen LogP contribution in [0.25, 0.3) is 0 Å². The molecular weight excluding hydrogens is 252 g/mol. The van der Waals surface area contributed by atoms with Gasteiger partial charge in [0.05, 0.1) is 13.2 Å². The van der Waals surface area contributed by atoms with Crippen molar-refractivity contribution in [1.82, 2.24) is 10.2 Å². The highest BCUT2D eigenvalue weighted by Crippen LogP contribution is 2.31. The van der Waals surface area contributed by atoms with Crippen molar-refractivity contribution < 1.29 is 9.53 Å². The molecule has 20 heavy (non-hydrogen) atoms. The molecule has 1 aromatic carbocycles. The smallest absolute Gasteiger partial charge is 0.240 e. The van der Waals surface area contributed by atoms with Crippen LogP contribution in [0, 0.1) is 0 Å². The molecule has 1 aliphatic carbocycles. The highest BCUT2D eigenvalue weighted by Gasteiger charge is 2.36. The molecule has 4 heteroatoms. The normalized spacial score (nSPS) is 21.8. The Labute approximate surface area is 120 Å². The Kier molecular flexibility index (Phi) is 3.92. The maximum absolute atomic E-state index is 12.7. The second-order valence-corrected chi connectivity index (χ2v) is 5.66. The van der Waals surface area contributed by atoms with E-state index < -0.39 is 0 Å². The van der Waals surface area contributed by atoms with Gasteiger partial charge in [-0.05, 0) is 38.3 Å². The molecule has 0 spiro atoms. The highest BCUT2D eigenvalue weighted by molar-refractivity contribution is 5.82. The van der Waals surface area contributed by atoms with Gasteiger partial charge in [0, 0.05) is 18.2 Å². The fourth-order valence-electron chi connectivity index (χ4n) is 2.89. The number of carbonyl (C=O) groups excluding carboxylic acids is 1. The van der Waals surface area contributed by atoms with Crippen molar-refractivity contribution in [1.29, 1.82) is 0 Å². The molecule has 1 heterocycles. The lowest BCUT2D eigenvalue weighted by Gasteiger charge is -2.26. The zero-order valence-corrected chi connectivity index (χ0v) is 12.0. The molecule has 1 amide bonds. The van der Waals surface area contributed by atoms with E-state index in [0.29, 0.717) is 12.6 Å². The minimum atomic E-state index is 0.0188. The lowest BCUT2D eigenvalue weighted by molar-refractivity contribution is -0.134. The summed E-state index contributed by atoms with van der Waals surface area (Å²) in [6, 6.07) is 8.41. The van der Waals surface area contributed by atoms with Crippen LogP contribution < -0.4 is 10.1 Å². The highest BCUT2D eigenvalue weighted by atomic mass is 16.5. The Morgan fingerprint density at radius 2 is 2.15 bits per heavy atom. The van der Waals surface area contributed by atoms with Crippen LogP contribution in [0.2, 0.25) is 0 Å². The van der Waals surface area contributed by atoms with Gasteiger partial charge >= 0.3 is 0 Å². The third-order valence-electron chi connectivity index (χ3n) is 4.16. The van der Waals surface area contributed by atoms with Gasteiger partial charge in [0.25, 0.3) is 0 Å². The molecule has 1 saturated carbocycles. The van der Waals surface area contributed by atoms with Gasteiger partial charge in [-0.3, -0.25) is 4.79 Å². The van der Waals surface area contributed by atoms with Crippen molar-refractivity contribution in [3.63, 3.8) is 0 Å². The number of nitrogens with one attached hydrogen (secondary N) is 1. The van der Waals surface area contributed by atoms with E-state index in [1.807, 2.05) is 29.2 Å². The number of nitrogens with zero attached hydrogens (tertiary/aromatic N) is 1. The average Bonchev–Trinajstić information content (AvgIpc) is 3.17. The van der Waals surface area contributed by atoms with Crippen LogP contribution in [0.3, 0.4) is 0 Å². The largest absolute Gasteiger partial charge is 0.496 e. The summed E-state index contributed by atoms with van der Waals surface area (Å²) in [7, 11) is 1.68. The quantitative estimate of drug-likeness (QED) is 0.892. The SMILES string of the molecule is COc1ccccc1CN(C(=O)[C@@H]1CCCN1)C1CC1. The van der Waals surface area contributed by atoms with Crippen LogP contribution in [0.1, 0.15) is 31.2 Å². The van der Waals surface area contributed by atoms with Gasteiger partial charge in [0.15, 0.2) is 0 Å². The molecule has 1 N–H and O–H groups in total. The maximum Gasteiger partial charge on any atom is 0.240 e. The first-order chi connectivity index (χ1) is 9.79. The van der Waals surface area contributed by atoms with E-state index in [0.717, 1.165) is 43.5 Å². The van der Waals surface area contributed by atoms with E-state index >= 15 is 0 Å². The van der Waals surface area contributed by atoms with Crippen molar-refractivity contribution in [3.05, 3.63) is 29.8 Å². The molecule has 2 aliphatic rings. The average molecular weight is 274 g/mol. The summed E-state index contributed by atoms with van der Waals surface area (Å²) in [5.41, 5.74) is 1.09. The Morgan fingerprint density at radius 1 is 1.35 bits per heavy atom. The van der Waals surface area contributed by atoms with Gasteiger partial charge in [0.2, 0.25) is 5.91 Å². The molecule has 0 unspecified atom stereocenters. The van der Waals surface area contributed by atoms with E-state index in [1.54, 1.807) is 7.11 Å². The van der Waals surface area contributed by atoms with Crippen LogP contribution >= 0.6 is 0 Å². The molecule has 3 rings (SSSR count). The van der Waals surface area contributed by atoms with Crippen molar-refractivity contribution in [2.45, 2.75) is 44.3 Å². The van der Waals surface area contributed by atoms with Crippen molar-refractivity contribution in [3.8, 4) is 5.75 Å². The van der Waals surface area contributed by atoms with E-state index in [4.69, 9.17) is 4.74 Å². The number of rotatable bonds is 5. The van der Waals surface area contributed by atoms with Crippen LogP contribution in [0.4, 0.5) is 0 Å². The Morgan fingerprint density at radius 3 is 2.80 bits per heavy atom. The van der Waals surface area contributed by atoms with Gasteiger partial charge in [-0.2, -0.15) is 0 Å². The summed E-state index contributed by atoms with van der Waals surface area (Å²) >= 11 is 0. The van der Waals surface area contributed by atoms with Gasteiger partial charge in [-0.15, -0.1) is 0 Å². The monoisotopic (exact) mass is 274 g/mol. The van der Waals surface area contributed by atoms with Crippen molar-refractivity contribution in [2.75, 3.05) is 13.7 Å². The van der Waals surface area contributed by atoms with Gasteiger partial charge in [-0.1, -0.05) is 18.2 Å². The van der Waals surface area contributed by atoms with Crippen LogP contribution in [0.15, 0.2) is 24.3 Å². The van der Waals surface area contributed by atoms with Gasteiger partial charge in [-0.25, -0.2) is 0 Å². The standard InChI is InChI=1S/C16H22N2O2/c1-20-15-7-3-2-5-12(15)11-18(13-8-9-13)16(19)14-6-4-10-17-14/h2-3,5,7,13-14,17H,4,6,8-11H2,1H3/t14-/m0/s1. The zero-order valence-electron chi connectivity index (χ0n) is 12.0. The molecule has 1 atom stereocenters. The number of hydrogen-bond acceptors (Lipinski definition) is 3. The summed E-state index contributed by atoms with van der Waals surface area (Å²) in [4.78, 5) is 14.7. The van der Waals surface area contributed by atoms with E-state index in [2.05, 4.69) is 5.32 Å². The third-order valence-corrected chi connectivity index (χ3v) is 4.16. The molecule has 0 radical (unpaired) electrons. The summed E-state index contributed by atoms with van der Waals surface area (Å²) < 4.78 is 5.40. The number of amides is 1. The fraction of sp³-hybridized carbons (Fsp3) is 0.562. The van der Waals surface area contributed by atoms with Crippen LogP contribution in [-0.4, -0.2) is 36.5 Å². The van der Waals surface area contributed by atoms with E-state index in [1.165, 1.54) is 0 Å². The number of benzene rings is 1. The Bertz CT molecular complexity index is 479. The second kappa shape index (κ2) is 5.83. The molecular formula is C16H22N2O2. The predicted molar refractivity (Wildman–Crippen MR) is 77.6 cm³/mol. The molecule has 4 nitrogen and oxygen atoms in total. The first-order valence-corrected chi connectivity index (χ1v) is 7.45. The molecule has 1 aromatic rings. The second-order valence-electron chi connectivity index (χ2n) is 5.66. The maximum atomic E-state index is 12.7. The van der Waals surface area contributed by atoms with Gasteiger partial charge in [0.1, 0.15) is 5.75 Å². The first-order valence-electron chi connectivity index (χ1n) is 7.45. The molecule has 0 bridgehead atoms. The summed E-state index contributed by atoms with van der Waals surface area (Å²) in [5, 5.41) is 3.31. The molecule has 108 valence electrons. The van der Waals surface area contributed by atoms with Gasteiger partial charge < -0.3 is 15.0 Å². The predicted octanol–water partition coefficient (Wildman–Crippen LogP) is 1.94. The zero-order chi connectivity index (χ0) is 13.9. The molecule has 1 saturated heterocycles. The van der Waals surface area contributed by atoms with Crippen molar-refractivity contribution in [2.24, 2.45) is 0 Å². The van der Waals surface area contributed by atoms with E-state index in [-0.39, 0.29) is 11.9 Å². The number of ether oxygens (including phenoxy) is 1. The summed E-state index contributed by atoms with van der Waals surface area (Å²) in [6.07, 6.45) is 4.33. The summed E-state index contributed by atoms with van der Waals surface area (Å²) in [5.74, 6) is 1.13.